The summed E-state index contributed by atoms with van der Waals surface area (Å²) < 4.78 is 51.6. The predicted octanol–water partition coefficient (Wildman–Crippen LogP) is 5.04. The van der Waals surface area contributed by atoms with Gasteiger partial charge in [-0.25, -0.2) is 4.39 Å². The average Bonchev–Trinajstić information content (AvgIpc) is 2.37. The van der Waals surface area contributed by atoms with Crippen molar-refractivity contribution in [3.8, 4) is 17.2 Å². The fourth-order valence-corrected chi connectivity index (χ4v) is 1.97. The number of halogens is 5. The van der Waals surface area contributed by atoms with Crippen molar-refractivity contribution in [2.45, 2.75) is 6.18 Å². The molecule has 0 saturated heterocycles. The highest BCUT2D eigenvalue weighted by atomic mass is 35.5. The molecule has 0 heterocycles. The number of hydrogen-bond donors (Lipinski definition) is 0. The second-order valence-electron chi connectivity index (χ2n) is 4.03. The maximum Gasteiger partial charge on any atom is 0.416 e. The van der Waals surface area contributed by atoms with E-state index in [0.717, 1.165) is 6.07 Å². The molecule has 0 spiro atoms. The van der Waals surface area contributed by atoms with Crippen molar-refractivity contribution in [3.05, 3.63) is 58.4 Å². The minimum absolute atomic E-state index is 0.123. The normalized spacial score (nSPS) is 11.2. The first-order valence-corrected chi connectivity index (χ1v) is 5.77. The average molecular weight is 300 g/mol. The van der Waals surface area contributed by atoms with Crippen LogP contribution in [0.1, 0.15) is 11.1 Å². The molecule has 20 heavy (non-hydrogen) atoms. The Hall–Kier alpha value is -2.06. The van der Waals surface area contributed by atoms with Gasteiger partial charge >= 0.3 is 6.18 Å². The zero-order valence-electron chi connectivity index (χ0n) is 9.80. The van der Waals surface area contributed by atoms with Crippen LogP contribution in [0.4, 0.5) is 17.6 Å². The summed E-state index contributed by atoms with van der Waals surface area (Å²) in [5.74, 6) is -0.816. The largest absolute Gasteiger partial charge is 0.416 e. The van der Waals surface area contributed by atoms with E-state index >= 15 is 0 Å². The number of nitrogens with zero attached hydrogens (tertiary/aromatic N) is 1. The molecule has 0 unspecified atom stereocenters. The molecule has 0 bridgehead atoms. The topological polar surface area (TPSA) is 23.8 Å². The van der Waals surface area contributed by atoms with Crippen molar-refractivity contribution in [2.75, 3.05) is 0 Å². The highest BCUT2D eigenvalue weighted by Crippen LogP contribution is 2.34. The van der Waals surface area contributed by atoms with E-state index in [0.29, 0.717) is 12.1 Å². The smallest absolute Gasteiger partial charge is 0.206 e. The number of benzene rings is 2. The van der Waals surface area contributed by atoms with Crippen LogP contribution in [-0.4, -0.2) is 0 Å². The van der Waals surface area contributed by atoms with Gasteiger partial charge in [-0.1, -0.05) is 11.6 Å². The standard InChI is InChI=1S/C14H6ClF4N/c15-11-4-8(7-20)3-9(5-11)12-6-10(14(17,18)19)1-2-13(12)16/h1-6H. The molecular weight excluding hydrogens is 294 g/mol. The highest BCUT2D eigenvalue weighted by Gasteiger charge is 2.31. The number of rotatable bonds is 1. The molecule has 1 nitrogen and oxygen atoms in total. The lowest BCUT2D eigenvalue weighted by atomic mass is 10.0. The maximum atomic E-state index is 13.7. The van der Waals surface area contributed by atoms with E-state index in [1.807, 2.05) is 6.07 Å². The minimum Gasteiger partial charge on any atom is -0.206 e. The molecule has 0 atom stereocenters. The summed E-state index contributed by atoms with van der Waals surface area (Å²) >= 11 is 5.76. The van der Waals surface area contributed by atoms with E-state index in [1.165, 1.54) is 18.2 Å². The molecule has 0 N–H and O–H groups in total. The molecule has 2 aromatic carbocycles. The van der Waals surface area contributed by atoms with E-state index in [-0.39, 0.29) is 21.7 Å². The van der Waals surface area contributed by atoms with Gasteiger partial charge in [-0.3, -0.25) is 0 Å². The Morgan fingerprint density at radius 3 is 2.35 bits per heavy atom. The van der Waals surface area contributed by atoms with Gasteiger partial charge in [0.05, 0.1) is 17.2 Å². The first-order valence-electron chi connectivity index (χ1n) is 5.39. The van der Waals surface area contributed by atoms with Crippen molar-refractivity contribution in [2.24, 2.45) is 0 Å². The van der Waals surface area contributed by atoms with E-state index in [4.69, 9.17) is 16.9 Å². The van der Waals surface area contributed by atoms with Crippen LogP contribution in [0.3, 0.4) is 0 Å². The Bertz CT molecular complexity index is 701. The second-order valence-corrected chi connectivity index (χ2v) is 4.47. The van der Waals surface area contributed by atoms with Crippen LogP contribution in [0.25, 0.3) is 11.1 Å². The summed E-state index contributed by atoms with van der Waals surface area (Å²) in [7, 11) is 0. The van der Waals surface area contributed by atoms with Gasteiger partial charge in [0.1, 0.15) is 5.82 Å². The molecule has 0 fully saturated rings. The molecule has 0 aliphatic carbocycles. The zero-order valence-corrected chi connectivity index (χ0v) is 10.6. The molecular formula is C14H6ClF4N. The van der Waals surface area contributed by atoms with Crippen LogP contribution < -0.4 is 0 Å². The molecule has 0 saturated carbocycles. The summed E-state index contributed by atoms with van der Waals surface area (Å²) in [4.78, 5) is 0. The van der Waals surface area contributed by atoms with Gasteiger partial charge in [0.25, 0.3) is 0 Å². The Labute approximate surface area is 117 Å². The maximum absolute atomic E-state index is 13.7. The van der Waals surface area contributed by atoms with Gasteiger partial charge in [0, 0.05) is 10.6 Å². The highest BCUT2D eigenvalue weighted by molar-refractivity contribution is 6.31. The fourth-order valence-electron chi connectivity index (χ4n) is 1.73. The third kappa shape index (κ3) is 2.91. The Kier molecular flexibility index (Phi) is 3.69. The zero-order chi connectivity index (χ0) is 14.9. The van der Waals surface area contributed by atoms with Gasteiger partial charge in [0.15, 0.2) is 0 Å². The van der Waals surface area contributed by atoms with Crippen LogP contribution in [0.2, 0.25) is 5.02 Å². The molecule has 0 aliphatic heterocycles. The number of nitriles is 1. The van der Waals surface area contributed by atoms with Crippen LogP contribution in [0.15, 0.2) is 36.4 Å². The van der Waals surface area contributed by atoms with Gasteiger partial charge in [-0.2, -0.15) is 18.4 Å². The SMILES string of the molecule is N#Cc1cc(Cl)cc(-c2cc(C(F)(F)F)ccc2F)c1. The lowest BCUT2D eigenvalue weighted by molar-refractivity contribution is -0.137. The summed E-state index contributed by atoms with van der Waals surface area (Å²) in [6.45, 7) is 0. The third-order valence-corrected chi connectivity index (χ3v) is 2.85. The fraction of sp³-hybridized carbons (Fsp3) is 0.0714. The van der Waals surface area contributed by atoms with Gasteiger partial charge in [-0.15, -0.1) is 0 Å². The molecule has 2 rings (SSSR count). The van der Waals surface area contributed by atoms with E-state index in [2.05, 4.69) is 0 Å². The Balaban J connectivity index is 2.64. The molecule has 102 valence electrons. The molecule has 0 radical (unpaired) electrons. The van der Waals surface area contributed by atoms with Crippen molar-refractivity contribution in [3.63, 3.8) is 0 Å². The third-order valence-electron chi connectivity index (χ3n) is 2.63. The lowest BCUT2D eigenvalue weighted by Crippen LogP contribution is -2.05. The Morgan fingerprint density at radius 1 is 1.05 bits per heavy atom. The first kappa shape index (κ1) is 14.4. The molecule has 6 heteroatoms. The molecule has 2 aromatic rings. The Morgan fingerprint density at radius 2 is 1.75 bits per heavy atom. The van der Waals surface area contributed by atoms with Crippen molar-refractivity contribution in [1.82, 2.24) is 0 Å². The first-order chi connectivity index (χ1) is 9.31. The molecule has 0 aromatic heterocycles. The van der Waals surface area contributed by atoms with E-state index in [9.17, 15) is 17.6 Å². The van der Waals surface area contributed by atoms with E-state index in [1.54, 1.807) is 0 Å². The van der Waals surface area contributed by atoms with Crippen molar-refractivity contribution < 1.29 is 17.6 Å². The van der Waals surface area contributed by atoms with Gasteiger partial charge in [0.2, 0.25) is 0 Å². The quantitative estimate of drug-likeness (QED) is 0.677. The summed E-state index contributed by atoms with van der Waals surface area (Å²) in [6.07, 6.45) is -4.57. The van der Waals surface area contributed by atoms with Crippen LogP contribution in [-0.2, 0) is 6.18 Å². The van der Waals surface area contributed by atoms with Crippen LogP contribution >= 0.6 is 11.6 Å². The number of hydrogen-bond acceptors (Lipinski definition) is 1. The van der Waals surface area contributed by atoms with Crippen LogP contribution in [0.5, 0.6) is 0 Å². The van der Waals surface area contributed by atoms with Gasteiger partial charge in [-0.05, 0) is 42.0 Å². The predicted molar refractivity (Wildman–Crippen MR) is 66.6 cm³/mol. The molecule has 0 amide bonds. The summed E-state index contributed by atoms with van der Waals surface area (Å²) in [5.41, 5.74) is -0.951. The lowest BCUT2D eigenvalue weighted by Gasteiger charge is -2.10. The van der Waals surface area contributed by atoms with Crippen LogP contribution in [0, 0.1) is 17.1 Å². The molecule has 0 aliphatic rings. The van der Waals surface area contributed by atoms with Crippen molar-refractivity contribution >= 4 is 11.6 Å². The van der Waals surface area contributed by atoms with E-state index < -0.39 is 17.6 Å². The van der Waals surface area contributed by atoms with Crippen molar-refractivity contribution in [1.29, 1.82) is 5.26 Å². The number of alkyl halides is 3. The second kappa shape index (κ2) is 5.14. The monoisotopic (exact) mass is 299 g/mol. The summed E-state index contributed by atoms with van der Waals surface area (Å²) in [6, 6.07) is 7.84. The minimum atomic E-state index is -4.57. The summed E-state index contributed by atoms with van der Waals surface area (Å²) in [5, 5.41) is 8.95. The van der Waals surface area contributed by atoms with Gasteiger partial charge < -0.3 is 0 Å².